The van der Waals surface area contributed by atoms with Gasteiger partial charge >= 0.3 is 0 Å². The number of hydrogen-bond donors (Lipinski definition) is 1. The van der Waals surface area contributed by atoms with Gasteiger partial charge in [0.25, 0.3) is 5.91 Å². The van der Waals surface area contributed by atoms with Crippen molar-refractivity contribution in [1.82, 2.24) is 5.32 Å². The zero-order valence-electron chi connectivity index (χ0n) is 17.6. The number of sulfonamides is 1. The van der Waals surface area contributed by atoms with Gasteiger partial charge in [-0.25, -0.2) is 12.8 Å². The largest absolute Gasteiger partial charge is 0.492 e. The zero-order chi connectivity index (χ0) is 24.0. The number of halogens is 3. The minimum Gasteiger partial charge on any atom is -0.492 e. The summed E-state index contributed by atoms with van der Waals surface area (Å²) in [6.07, 6.45) is 1.05. The average molecular weight is 511 g/mol. The topological polar surface area (TPSA) is 75.7 Å². The van der Waals surface area contributed by atoms with Gasteiger partial charge in [0.15, 0.2) is 0 Å². The number of carbonyl (C=O) groups is 1. The van der Waals surface area contributed by atoms with Crippen molar-refractivity contribution in [3.05, 3.63) is 93.7 Å². The van der Waals surface area contributed by atoms with Crippen LogP contribution in [-0.2, 0) is 16.6 Å². The van der Waals surface area contributed by atoms with Gasteiger partial charge in [-0.15, -0.1) is 0 Å². The minimum absolute atomic E-state index is 0.00236. The van der Waals surface area contributed by atoms with Crippen LogP contribution >= 0.6 is 23.2 Å². The molecule has 0 atom stereocenters. The number of anilines is 1. The van der Waals surface area contributed by atoms with E-state index in [1.807, 2.05) is 0 Å². The predicted molar refractivity (Wildman–Crippen MR) is 128 cm³/mol. The van der Waals surface area contributed by atoms with E-state index in [4.69, 9.17) is 27.9 Å². The molecule has 3 aromatic carbocycles. The SMILES string of the molecule is CS(=O)(=O)N(Cc1ccc(C(=O)NCCOc2ccc(Cl)cc2)cc1)c1ccc(F)c(Cl)c1. The predicted octanol–water partition coefficient (Wildman–Crippen LogP) is 4.91. The number of hydrogen-bond acceptors (Lipinski definition) is 4. The van der Waals surface area contributed by atoms with Crippen molar-refractivity contribution in [2.75, 3.05) is 23.7 Å². The maximum absolute atomic E-state index is 13.5. The van der Waals surface area contributed by atoms with E-state index in [9.17, 15) is 17.6 Å². The molecule has 0 aliphatic heterocycles. The number of carbonyl (C=O) groups excluding carboxylic acids is 1. The number of benzene rings is 3. The fourth-order valence-corrected chi connectivity index (χ4v) is 4.11. The molecular weight excluding hydrogens is 490 g/mol. The Labute approximate surface area is 201 Å². The Morgan fingerprint density at radius 1 is 1.03 bits per heavy atom. The summed E-state index contributed by atoms with van der Waals surface area (Å²) >= 11 is 11.6. The number of ether oxygens (including phenoxy) is 1. The van der Waals surface area contributed by atoms with Gasteiger partial charge in [-0.2, -0.15) is 0 Å². The molecule has 0 aromatic heterocycles. The van der Waals surface area contributed by atoms with Crippen LogP contribution < -0.4 is 14.4 Å². The molecule has 0 bridgehead atoms. The Balaban J connectivity index is 1.59. The highest BCUT2D eigenvalue weighted by Gasteiger charge is 2.19. The highest BCUT2D eigenvalue weighted by Crippen LogP contribution is 2.26. The highest BCUT2D eigenvalue weighted by atomic mass is 35.5. The van der Waals surface area contributed by atoms with E-state index in [0.29, 0.717) is 28.4 Å². The summed E-state index contributed by atoms with van der Waals surface area (Å²) in [6.45, 7) is 0.586. The Morgan fingerprint density at radius 2 is 1.70 bits per heavy atom. The molecule has 1 N–H and O–H groups in total. The third-order valence-corrected chi connectivity index (χ3v) is 6.29. The van der Waals surface area contributed by atoms with Crippen LogP contribution in [0.1, 0.15) is 15.9 Å². The first-order valence-electron chi connectivity index (χ1n) is 9.82. The third-order valence-electron chi connectivity index (χ3n) is 4.60. The van der Waals surface area contributed by atoms with Crippen molar-refractivity contribution in [2.45, 2.75) is 6.54 Å². The van der Waals surface area contributed by atoms with E-state index < -0.39 is 15.8 Å². The molecule has 33 heavy (non-hydrogen) atoms. The molecule has 0 unspecified atom stereocenters. The second-order valence-electron chi connectivity index (χ2n) is 7.12. The molecule has 0 radical (unpaired) electrons. The first-order valence-corrected chi connectivity index (χ1v) is 12.4. The molecule has 6 nitrogen and oxygen atoms in total. The van der Waals surface area contributed by atoms with Gasteiger partial charge in [0.1, 0.15) is 18.2 Å². The Morgan fingerprint density at radius 3 is 2.30 bits per heavy atom. The lowest BCUT2D eigenvalue weighted by atomic mass is 10.1. The van der Waals surface area contributed by atoms with Crippen LogP contribution in [0.4, 0.5) is 10.1 Å². The molecule has 3 aromatic rings. The second-order valence-corrected chi connectivity index (χ2v) is 9.87. The number of nitrogens with zero attached hydrogens (tertiary/aromatic N) is 1. The van der Waals surface area contributed by atoms with Crippen molar-refractivity contribution in [2.24, 2.45) is 0 Å². The summed E-state index contributed by atoms with van der Waals surface area (Å²) in [5.74, 6) is -0.273. The van der Waals surface area contributed by atoms with Crippen LogP contribution in [0.15, 0.2) is 66.7 Å². The van der Waals surface area contributed by atoms with Crippen LogP contribution in [0.5, 0.6) is 5.75 Å². The molecule has 0 aliphatic rings. The Bertz CT molecular complexity index is 1220. The van der Waals surface area contributed by atoms with Crippen LogP contribution in [-0.4, -0.2) is 33.7 Å². The third kappa shape index (κ3) is 7.08. The van der Waals surface area contributed by atoms with Gasteiger partial charge < -0.3 is 10.1 Å². The number of nitrogens with one attached hydrogen (secondary N) is 1. The maximum Gasteiger partial charge on any atom is 0.251 e. The number of amides is 1. The molecule has 0 aliphatic carbocycles. The summed E-state index contributed by atoms with van der Waals surface area (Å²) in [5, 5.41) is 3.19. The van der Waals surface area contributed by atoms with Gasteiger partial charge in [-0.05, 0) is 60.2 Å². The lowest BCUT2D eigenvalue weighted by Gasteiger charge is -2.23. The normalized spacial score (nSPS) is 11.2. The highest BCUT2D eigenvalue weighted by molar-refractivity contribution is 7.92. The smallest absolute Gasteiger partial charge is 0.251 e. The summed E-state index contributed by atoms with van der Waals surface area (Å²) in [4.78, 5) is 12.3. The second kappa shape index (κ2) is 10.9. The standard InChI is InChI=1S/C23H21Cl2FN2O4S/c1-33(30,31)28(19-8-11-22(26)21(25)14-19)15-16-2-4-17(5-3-16)23(29)27-12-13-32-20-9-6-18(24)7-10-20/h2-11,14H,12-13,15H2,1H3,(H,27,29). The fourth-order valence-electron chi connectivity index (χ4n) is 2.93. The van der Waals surface area contributed by atoms with Gasteiger partial charge in [0, 0.05) is 10.6 Å². The van der Waals surface area contributed by atoms with Crippen LogP contribution in [0, 0.1) is 5.82 Å². The van der Waals surface area contributed by atoms with Gasteiger partial charge in [-0.1, -0.05) is 35.3 Å². The zero-order valence-corrected chi connectivity index (χ0v) is 19.9. The van der Waals surface area contributed by atoms with Crippen molar-refractivity contribution in [3.63, 3.8) is 0 Å². The van der Waals surface area contributed by atoms with Crippen molar-refractivity contribution >= 4 is 44.8 Å². The monoisotopic (exact) mass is 510 g/mol. The summed E-state index contributed by atoms with van der Waals surface area (Å²) in [6, 6.07) is 17.1. The molecule has 0 spiro atoms. The van der Waals surface area contributed by atoms with Crippen LogP contribution in [0.25, 0.3) is 0 Å². The van der Waals surface area contributed by atoms with E-state index >= 15 is 0 Å². The van der Waals surface area contributed by atoms with Gasteiger partial charge in [-0.3, -0.25) is 9.10 Å². The first kappa shape index (κ1) is 24.8. The van der Waals surface area contributed by atoms with E-state index in [0.717, 1.165) is 16.6 Å². The van der Waals surface area contributed by atoms with E-state index in [-0.39, 0.29) is 29.8 Å². The molecule has 0 saturated heterocycles. The van der Waals surface area contributed by atoms with Crippen LogP contribution in [0.3, 0.4) is 0 Å². The van der Waals surface area contributed by atoms with E-state index in [1.54, 1.807) is 48.5 Å². The molecule has 0 saturated carbocycles. The molecule has 0 heterocycles. The molecule has 3 rings (SSSR count). The van der Waals surface area contributed by atoms with E-state index in [2.05, 4.69) is 5.32 Å². The van der Waals surface area contributed by atoms with E-state index in [1.165, 1.54) is 12.1 Å². The molecule has 174 valence electrons. The minimum atomic E-state index is -3.66. The maximum atomic E-state index is 13.5. The number of rotatable bonds is 9. The molecule has 0 fully saturated rings. The average Bonchev–Trinajstić information content (AvgIpc) is 2.78. The lowest BCUT2D eigenvalue weighted by molar-refractivity contribution is 0.0947. The molecule has 1 amide bonds. The quantitative estimate of drug-likeness (QED) is 0.415. The Kier molecular flexibility index (Phi) is 8.18. The van der Waals surface area contributed by atoms with Crippen LogP contribution in [0.2, 0.25) is 10.0 Å². The van der Waals surface area contributed by atoms with Crippen molar-refractivity contribution < 1.29 is 22.3 Å². The summed E-state index contributed by atoms with van der Waals surface area (Å²) in [7, 11) is -3.66. The summed E-state index contributed by atoms with van der Waals surface area (Å²) in [5.41, 5.74) is 1.30. The lowest BCUT2D eigenvalue weighted by Crippen LogP contribution is -2.29. The fraction of sp³-hybridized carbons (Fsp3) is 0.174. The van der Waals surface area contributed by atoms with Crippen molar-refractivity contribution in [3.8, 4) is 5.75 Å². The molecular formula is C23H21Cl2FN2O4S. The molecule has 10 heteroatoms. The Hall–Kier alpha value is -2.81. The van der Waals surface area contributed by atoms with Crippen molar-refractivity contribution in [1.29, 1.82) is 0 Å². The van der Waals surface area contributed by atoms with Gasteiger partial charge in [0.2, 0.25) is 10.0 Å². The van der Waals surface area contributed by atoms with Gasteiger partial charge in [0.05, 0.1) is 30.1 Å². The first-order chi connectivity index (χ1) is 15.6. The summed E-state index contributed by atoms with van der Waals surface area (Å²) < 4.78 is 44.7.